The Morgan fingerprint density at radius 1 is 1.00 bits per heavy atom. The second-order valence-corrected chi connectivity index (χ2v) is 9.63. The first-order chi connectivity index (χ1) is 17.0. The first kappa shape index (κ1) is 31.0. The van der Waals surface area contributed by atoms with E-state index in [0.717, 1.165) is 56.9 Å². The van der Waals surface area contributed by atoms with Crippen molar-refractivity contribution in [3.8, 4) is 0 Å². The molecule has 2 aliphatic carbocycles. The van der Waals surface area contributed by atoms with E-state index in [1.54, 1.807) is 45.1 Å². The SMILES string of the molecule is C=C(C)/C(=C\C=C(/C)C(=O)/C(COC(=O)N(C)C1CCCC1)=C(/C)N)OC.O=C(O)C1CCCCC1. The normalized spacial score (nSPS) is 17.9. The van der Waals surface area contributed by atoms with Gasteiger partial charge in [-0.2, -0.15) is 0 Å². The number of hydrogen-bond acceptors (Lipinski definition) is 6. The van der Waals surface area contributed by atoms with Crippen molar-refractivity contribution in [3.05, 3.63) is 46.9 Å². The first-order valence-corrected chi connectivity index (χ1v) is 12.7. The van der Waals surface area contributed by atoms with Crippen LogP contribution in [0.4, 0.5) is 4.79 Å². The van der Waals surface area contributed by atoms with Crippen LogP contribution in [0.5, 0.6) is 0 Å². The predicted molar refractivity (Wildman–Crippen MR) is 141 cm³/mol. The highest BCUT2D eigenvalue weighted by atomic mass is 16.6. The number of carboxylic acids is 1. The molecule has 2 saturated carbocycles. The first-order valence-electron chi connectivity index (χ1n) is 12.7. The minimum Gasteiger partial charge on any atom is -0.497 e. The maximum absolute atomic E-state index is 12.7. The van der Waals surface area contributed by atoms with Crippen LogP contribution in [0.2, 0.25) is 0 Å². The zero-order valence-electron chi connectivity index (χ0n) is 22.6. The molecule has 0 heterocycles. The number of carboxylic acid groups (broad SMARTS) is 1. The molecular weight excluding hydrogens is 460 g/mol. The molecule has 0 unspecified atom stereocenters. The molecule has 0 spiro atoms. The molecule has 0 aromatic rings. The largest absolute Gasteiger partial charge is 0.497 e. The summed E-state index contributed by atoms with van der Waals surface area (Å²) in [6, 6.07) is 0.209. The van der Waals surface area contributed by atoms with Crippen LogP contribution in [0.15, 0.2) is 46.9 Å². The molecule has 0 radical (unpaired) electrons. The van der Waals surface area contributed by atoms with Crippen molar-refractivity contribution in [2.45, 2.75) is 84.6 Å². The van der Waals surface area contributed by atoms with Gasteiger partial charge >= 0.3 is 12.1 Å². The molecule has 8 heteroatoms. The number of ether oxygens (including phenoxy) is 2. The van der Waals surface area contributed by atoms with Crippen LogP contribution in [-0.2, 0) is 19.1 Å². The Balaban J connectivity index is 0.000000600. The molecular formula is C28H44N2O6. The standard InChI is InChI=1S/C21H32N2O4.C7H12O2/c1-14(2)19(26-6)12-11-15(3)20(24)18(16(4)22)13-27-21(25)23(5)17-9-7-8-10-17;8-7(9)6-4-2-1-3-5-6/h11-12,17H,1,7-10,13,22H2,2-6H3;6H,1-5H2,(H,8,9)/b15-11+,18-16-,19-12+;. The highest BCUT2D eigenvalue weighted by molar-refractivity contribution is 6.08. The Morgan fingerprint density at radius 3 is 2.00 bits per heavy atom. The number of aliphatic carboxylic acids is 1. The van der Waals surface area contributed by atoms with Gasteiger partial charge in [-0.25, -0.2) is 4.79 Å². The molecule has 1 amide bonds. The van der Waals surface area contributed by atoms with E-state index in [4.69, 9.17) is 20.3 Å². The molecule has 8 nitrogen and oxygen atoms in total. The lowest BCUT2D eigenvalue weighted by Crippen LogP contribution is -2.36. The minimum absolute atomic E-state index is 0.0289. The summed E-state index contributed by atoms with van der Waals surface area (Å²) in [5.74, 6) is -0.310. The molecule has 0 aliphatic heterocycles. The minimum atomic E-state index is -0.602. The Bertz CT molecular complexity index is 870. The van der Waals surface area contributed by atoms with Gasteiger partial charge in [0.2, 0.25) is 0 Å². The summed E-state index contributed by atoms with van der Waals surface area (Å²) < 4.78 is 10.5. The highest BCUT2D eigenvalue weighted by Crippen LogP contribution is 2.24. The fourth-order valence-electron chi connectivity index (χ4n) is 4.28. The van der Waals surface area contributed by atoms with E-state index in [1.807, 2.05) is 6.92 Å². The van der Waals surface area contributed by atoms with Crippen LogP contribution in [-0.4, -0.2) is 54.7 Å². The molecule has 0 aromatic carbocycles. The van der Waals surface area contributed by atoms with Crippen molar-refractivity contribution in [2.24, 2.45) is 11.7 Å². The molecule has 0 saturated heterocycles. The average Bonchev–Trinajstić information content (AvgIpc) is 3.39. The number of ketones is 1. The van der Waals surface area contributed by atoms with Crippen LogP contribution >= 0.6 is 0 Å². The Kier molecular flexibility index (Phi) is 13.7. The lowest BCUT2D eigenvalue weighted by atomic mass is 9.90. The van der Waals surface area contributed by atoms with Gasteiger partial charge in [0, 0.05) is 18.8 Å². The molecule has 2 fully saturated rings. The van der Waals surface area contributed by atoms with Gasteiger partial charge in [0.25, 0.3) is 0 Å². The van der Waals surface area contributed by atoms with Crippen LogP contribution in [0.1, 0.15) is 78.6 Å². The lowest BCUT2D eigenvalue weighted by molar-refractivity contribution is -0.142. The van der Waals surface area contributed by atoms with Gasteiger partial charge in [-0.1, -0.05) is 44.8 Å². The monoisotopic (exact) mass is 504 g/mol. The van der Waals surface area contributed by atoms with E-state index in [9.17, 15) is 14.4 Å². The van der Waals surface area contributed by atoms with E-state index in [0.29, 0.717) is 17.0 Å². The van der Waals surface area contributed by atoms with Crippen molar-refractivity contribution in [1.82, 2.24) is 4.90 Å². The number of amides is 1. The van der Waals surface area contributed by atoms with Gasteiger partial charge in [-0.05, 0) is 63.7 Å². The van der Waals surface area contributed by atoms with Gasteiger partial charge < -0.3 is 25.2 Å². The molecule has 36 heavy (non-hydrogen) atoms. The number of nitrogens with zero attached hydrogens (tertiary/aromatic N) is 1. The van der Waals surface area contributed by atoms with E-state index in [2.05, 4.69) is 6.58 Å². The number of rotatable bonds is 9. The molecule has 2 rings (SSSR count). The zero-order chi connectivity index (χ0) is 27.3. The van der Waals surface area contributed by atoms with Gasteiger partial charge in [-0.15, -0.1) is 0 Å². The predicted octanol–water partition coefficient (Wildman–Crippen LogP) is 5.50. The molecule has 202 valence electrons. The summed E-state index contributed by atoms with van der Waals surface area (Å²) in [5.41, 5.74) is 7.69. The molecule has 3 N–H and O–H groups in total. The Labute approximate surface area is 215 Å². The number of carbonyl (C=O) groups is 3. The lowest BCUT2D eigenvalue weighted by Gasteiger charge is -2.23. The summed E-state index contributed by atoms with van der Waals surface area (Å²) in [5, 5.41) is 8.54. The van der Waals surface area contributed by atoms with Crippen molar-refractivity contribution in [1.29, 1.82) is 0 Å². The van der Waals surface area contributed by atoms with Crippen LogP contribution in [0, 0.1) is 5.92 Å². The second-order valence-electron chi connectivity index (χ2n) is 9.63. The van der Waals surface area contributed by atoms with Gasteiger partial charge in [0.1, 0.15) is 12.4 Å². The van der Waals surface area contributed by atoms with E-state index < -0.39 is 12.1 Å². The van der Waals surface area contributed by atoms with Crippen molar-refractivity contribution in [2.75, 3.05) is 20.8 Å². The van der Waals surface area contributed by atoms with Crippen molar-refractivity contribution < 1.29 is 29.0 Å². The van der Waals surface area contributed by atoms with Crippen molar-refractivity contribution in [3.63, 3.8) is 0 Å². The molecule has 0 aromatic heterocycles. The summed E-state index contributed by atoms with van der Waals surface area (Å²) in [6.07, 6.45) is 12.4. The quantitative estimate of drug-likeness (QED) is 0.242. The number of carbonyl (C=O) groups excluding carboxylic acids is 2. The number of methoxy groups -OCH3 is 1. The Hall–Kier alpha value is -3.03. The number of nitrogens with two attached hydrogens (primary N) is 1. The second kappa shape index (κ2) is 15.9. The van der Waals surface area contributed by atoms with E-state index in [1.165, 1.54) is 6.42 Å². The smallest absolute Gasteiger partial charge is 0.410 e. The highest BCUT2D eigenvalue weighted by Gasteiger charge is 2.25. The molecule has 0 bridgehead atoms. The van der Waals surface area contributed by atoms with Gasteiger partial charge in [0.15, 0.2) is 5.78 Å². The third-order valence-electron chi connectivity index (χ3n) is 6.69. The number of hydrogen-bond donors (Lipinski definition) is 2. The topological polar surface area (TPSA) is 119 Å². The average molecular weight is 505 g/mol. The molecule has 2 aliphatic rings. The van der Waals surface area contributed by atoms with Gasteiger partial charge in [-0.3, -0.25) is 9.59 Å². The zero-order valence-corrected chi connectivity index (χ0v) is 22.6. The summed E-state index contributed by atoms with van der Waals surface area (Å²) in [6.45, 7) is 8.78. The van der Waals surface area contributed by atoms with Crippen LogP contribution in [0.3, 0.4) is 0 Å². The van der Waals surface area contributed by atoms with E-state index in [-0.39, 0.29) is 29.9 Å². The van der Waals surface area contributed by atoms with Gasteiger partial charge in [0.05, 0.1) is 18.6 Å². The molecule has 0 atom stereocenters. The van der Waals surface area contributed by atoms with Crippen molar-refractivity contribution >= 4 is 17.8 Å². The fourth-order valence-corrected chi connectivity index (χ4v) is 4.28. The summed E-state index contributed by atoms with van der Waals surface area (Å²) in [4.78, 5) is 36.9. The van der Waals surface area contributed by atoms with Crippen LogP contribution in [0.25, 0.3) is 0 Å². The number of allylic oxidation sites excluding steroid dienone is 5. The third-order valence-corrected chi connectivity index (χ3v) is 6.69. The number of Topliss-reactive ketones (excluding diaryl/α,β-unsaturated/α-hetero) is 1. The third kappa shape index (κ3) is 10.3. The Morgan fingerprint density at radius 2 is 1.56 bits per heavy atom. The summed E-state index contributed by atoms with van der Waals surface area (Å²) >= 11 is 0. The summed E-state index contributed by atoms with van der Waals surface area (Å²) in [7, 11) is 3.28. The maximum atomic E-state index is 12.7. The fraction of sp³-hybridized carbons (Fsp3) is 0.607. The van der Waals surface area contributed by atoms with Crippen LogP contribution < -0.4 is 5.73 Å². The van der Waals surface area contributed by atoms with E-state index >= 15 is 0 Å². The maximum Gasteiger partial charge on any atom is 0.410 e.